The second-order valence-corrected chi connectivity index (χ2v) is 6.93. The molecular weight excluding hydrogens is 439 g/mol. The van der Waals surface area contributed by atoms with E-state index in [1.54, 1.807) is 0 Å². The largest absolute Gasteiger partial charge is 1.00 e. The maximum atomic E-state index is 11.6. The SMILES string of the molecule is NC(CCC(=O)O)C(=O)OC(=O)CCCCCCCC(=O)OC(=O)C(N)CCC(=O)O.[H-].[Na+]. The molecule has 0 spiro atoms. The molecule has 0 saturated heterocycles. The van der Waals surface area contributed by atoms with Gasteiger partial charge in [-0.2, -0.15) is 0 Å². The molecule has 2 unspecified atom stereocenters. The average molecular weight is 470 g/mol. The minimum Gasteiger partial charge on any atom is -1.00 e. The van der Waals surface area contributed by atoms with Gasteiger partial charge in [-0.25, -0.2) is 9.59 Å². The van der Waals surface area contributed by atoms with Crippen molar-refractivity contribution >= 4 is 35.8 Å². The molecule has 12 nitrogen and oxygen atoms in total. The van der Waals surface area contributed by atoms with Gasteiger partial charge < -0.3 is 32.6 Å². The van der Waals surface area contributed by atoms with Crippen molar-refractivity contribution in [2.45, 2.75) is 82.7 Å². The van der Waals surface area contributed by atoms with Crippen LogP contribution < -0.4 is 41.0 Å². The zero-order valence-corrected chi connectivity index (χ0v) is 20.2. The zero-order chi connectivity index (χ0) is 23.8. The molecular formula is C19H31N2NaO10. The van der Waals surface area contributed by atoms with E-state index in [0.29, 0.717) is 32.1 Å². The zero-order valence-electron chi connectivity index (χ0n) is 19.2. The normalized spacial score (nSPS) is 12.1. The Kier molecular flexibility index (Phi) is 18.9. The average Bonchev–Trinajstić information content (AvgIpc) is 2.68. The summed E-state index contributed by atoms with van der Waals surface area (Å²) in [4.78, 5) is 67.0. The Bertz CT molecular complexity index is 608. The molecule has 0 bridgehead atoms. The van der Waals surface area contributed by atoms with E-state index < -0.39 is 47.9 Å². The second-order valence-electron chi connectivity index (χ2n) is 6.93. The van der Waals surface area contributed by atoms with Gasteiger partial charge in [0.15, 0.2) is 0 Å². The van der Waals surface area contributed by atoms with Crippen molar-refractivity contribution < 1.29 is 79.4 Å². The summed E-state index contributed by atoms with van der Waals surface area (Å²) < 4.78 is 9.12. The van der Waals surface area contributed by atoms with Gasteiger partial charge >= 0.3 is 65.4 Å². The number of esters is 4. The fourth-order valence-corrected chi connectivity index (χ4v) is 2.34. The monoisotopic (exact) mass is 470 g/mol. The first-order valence-corrected chi connectivity index (χ1v) is 9.96. The van der Waals surface area contributed by atoms with Gasteiger partial charge in [0.2, 0.25) is 0 Å². The number of carbonyl (C=O) groups is 6. The molecule has 0 aromatic carbocycles. The van der Waals surface area contributed by atoms with Crippen molar-refractivity contribution in [3.8, 4) is 0 Å². The predicted molar refractivity (Wildman–Crippen MR) is 105 cm³/mol. The van der Waals surface area contributed by atoms with Gasteiger partial charge in [-0.1, -0.05) is 19.3 Å². The topological polar surface area (TPSA) is 213 Å². The molecule has 0 amide bonds. The van der Waals surface area contributed by atoms with Crippen molar-refractivity contribution in [2.24, 2.45) is 11.5 Å². The summed E-state index contributed by atoms with van der Waals surface area (Å²) in [6.45, 7) is 0. The molecule has 0 aliphatic rings. The maximum Gasteiger partial charge on any atom is 1.00 e. The summed E-state index contributed by atoms with van der Waals surface area (Å²) in [6.07, 6.45) is 2.05. The van der Waals surface area contributed by atoms with E-state index in [0.717, 1.165) is 0 Å². The second kappa shape index (κ2) is 18.7. The number of rotatable bonds is 16. The Hall–Kier alpha value is -1.86. The Morgan fingerprint density at radius 1 is 0.625 bits per heavy atom. The van der Waals surface area contributed by atoms with Crippen LogP contribution in [0.25, 0.3) is 0 Å². The van der Waals surface area contributed by atoms with Crippen LogP contribution >= 0.6 is 0 Å². The fraction of sp³-hybridized carbons (Fsp3) is 0.684. The number of carbonyl (C=O) groups excluding carboxylic acids is 4. The van der Waals surface area contributed by atoms with E-state index in [1.807, 2.05) is 0 Å². The minimum atomic E-state index is -1.17. The van der Waals surface area contributed by atoms with Crippen molar-refractivity contribution in [3.63, 3.8) is 0 Å². The number of hydrogen-bond donors (Lipinski definition) is 4. The van der Waals surface area contributed by atoms with Crippen molar-refractivity contribution in [1.82, 2.24) is 0 Å². The number of ether oxygens (including phenoxy) is 2. The molecule has 0 aliphatic heterocycles. The van der Waals surface area contributed by atoms with Gasteiger partial charge in [-0.05, 0) is 25.7 Å². The van der Waals surface area contributed by atoms with Crippen molar-refractivity contribution in [1.29, 1.82) is 0 Å². The summed E-state index contributed by atoms with van der Waals surface area (Å²) in [5.74, 6) is -5.60. The van der Waals surface area contributed by atoms with Crippen LogP contribution in [-0.2, 0) is 38.2 Å². The van der Waals surface area contributed by atoms with Crippen molar-refractivity contribution in [2.75, 3.05) is 0 Å². The quantitative estimate of drug-likeness (QED) is 0.0788. The van der Waals surface area contributed by atoms with Crippen LogP contribution in [0.5, 0.6) is 0 Å². The first-order chi connectivity index (χ1) is 14.5. The van der Waals surface area contributed by atoms with E-state index in [9.17, 15) is 28.8 Å². The van der Waals surface area contributed by atoms with Crippen LogP contribution in [0.2, 0.25) is 0 Å². The predicted octanol–water partition coefficient (Wildman–Crippen LogP) is -2.64. The summed E-state index contributed by atoms with van der Waals surface area (Å²) in [5.41, 5.74) is 10.9. The Labute approximate surface area is 209 Å². The molecule has 6 N–H and O–H groups in total. The molecule has 178 valence electrons. The molecule has 0 fully saturated rings. The van der Waals surface area contributed by atoms with Gasteiger partial charge in [0.25, 0.3) is 0 Å². The third-order valence-corrected chi connectivity index (χ3v) is 4.13. The van der Waals surface area contributed by atoms with E-state index in [4.69, 9.17) is 21.7 Å². The Morgan fingerprint density at radius 3 is 1.25 bits per heavy atom. The van der Waals surface area contributed by atoms with E-state index in [2.05, 4.69) is 9.47 Å². The number of carboxylic acid groups (broad SMARTS) is 2. The van der Waals surface area contributed by atoms with Crippen LogP contribution in [-0.4, -0.2) is 58.1 Å². The summed E-state index contributed by atoms with van der Waals surface area (Å²) in [5, 5.41) is 17.0. The number of aliphatic carboxylic acids is 2. The molecule has 0 heterocycles. The first kappa shape index (κ1) is 32.3. The van der Waals surface area contributed by atoms with Crippen LogP contribution in [0.3, 0.4) is 0 Å². The standard InChI is InChI=1S/C19H30N2O10.Na.H/c20-12(8-10-14(22)23)18(28)30-16(26)6-4-2-1-3-5-7-17(27)31-19(29)13(21)9-11-15(24)25;;/h12-13H,1-11,20-21H2,(H,22,23)(H,24,25);;/q;+1;-1. The first-order valence-electron chi connectivity index (χ1n) is 9.96. The third kappa shape index (κ3) is 17.8. The van der Waals surface area contributed by atoms with Gasteiger partial charge in [0.05, 0.1) is 0 Å². The van der Waals surface area contributed by atoms with Gasteiger partial charge in [-0.3, -0.25) is 19.2 Å². The van der Waals surface area contributed by atoms with Gasteiger partial charge in [0.1, 0.15) is 12.1 Å². The maximum absolute atomic E-state index is 11.6. The Balaban J connectivity index is -0.00000450. The molecule has 2 atom stereocenters. The summed E-state index contributed by atoms with van der Waals surface area (Å²) in [6, 6.07) is -2.34. The number of nitrogens with two attached hydrogens (primary N) is 2. The van der Waals surface area contributed by atoms with E-state index in [1.165, 1.54) is 0 Å². The van der Waals surface area contributed by atoms with E-state index >= 15 is 0 Å². The molecule has 0 aliphatic carbocycles. The molecule has 0 aromatic rings. The van der Waals surface area contributed by atoms with Crippen LogP contribution in [0.15, 0.2) is 0 Å². The fourth-order valence-electron chi connectivity index (χ4n) is 2.34. The molecule has 0 aromatic heterocycles. The van der Waals surface area contributed by atoms with Gasteiger partial charge in [0, 0.05) is 25.7 Å². The van der Waals surface area contributed by atoms with E-state index in [-0.39, 0.29) is 69.5 Å². The van der Waals surface area contributed by atoms with Crippen LogP contribution in [0.1, 0.15) is 72.1 Å². The van der Waals surface area contributed by atoms with Crippen LogP contribution in [0, 0.1) is 0 Å². The van der Waals surface area contributed by atoms with Crippen molar-refractivity contribution in [3.05, 3.63) is 0 Å². The van der Waals surface area contributed by atoms with Gasteiger partial charge in [-0.15, -0.1) is 0 Å². The molecule has 0 rings (SSSR count). The Morgan fingerprint density at radius 2 is 0.938 bits per heavy atom. The molecule has 32 heavy (non-hydrogen) atoms. The summed E-state index contributed by atoms with van der Waals surface area (Å²) >= 11 is 0. The number of hydrogen-bond acceptors (Lipinski definition) is 10. The third-order valence-electron chi connectivity index (χ3n) is 4.13. The van der Waals surface area contributed by atoms with Crippen LogP contribution in [0.4, 0.5) is 0 Å². The molecule has 0 saturated carbocycles. The minimum absolute atomic E-state index is 0. The number of carboxylic acids is 2. The smallest absolute Gasteiger partial charge is 1.00 e. The number of unbranched alkanes of at least 4 members (excludes halogenated alkanes) is 4. The molecule has 0 radical (unpaired) electrons. The summed E-state index contributed by atoms with van der Waals surface area (Å²) in [7, 11) is 0. The molecule has 13 heteroatoms.